The van der Waals surface area contributed by atoms with Crippen LogP contribution in [0, 0.1) is 0 Å². The number of benzene rings is 3. The lowest BCUT2D eigenvalue weighted by Gasteiger charge is -2.06. The first-order valence-corrected chi connectivity index (χ1v) is 10.4. The molecule has 1 aliphatic heterocycles. The van der Waals surface area contributed by atoms with Gasteiger partial charge in [-0.25, -0.2) is 9.79 Å². The Morgan fingerprint density at radius 2 is 1.48 bits per heavy atom. The molecule has 0 fully saturated rings. The van der Waals surface area contributed by atoms with Gasteiger partial charge in [0.1, 0.15) is 12.4 Å². The molecule has 144 valence electrons. The molecule has 29 heavy (non-hydrogen) atoms. The molecular weight excluding hydrogens is 498 g/mol. The highest BCUT2D eigenvalue weighted by atomic mass is 79.9. The largest absolute Gasteiger partial charge is 0.489 e. The molecule has 0 atom stereocenters. The van der Waals surface area contributed by atoms with Crippen molar-refractivity contribution in [1.29, 1.82) is 0 Å². The lowest BCUT2D eigenvalue weighted by molar-refractivity contribution is -0.129. The van der Waals surface area contributed by atoms with Crippen LogP contribution in [0.3, 0.4) is 0 Å². The lowest BCUT2D eigenvalue weighted by atomic mass is 10.2. The third-order valence-corrected chi connectivity index (χ3v) is 5.27. The topological polar surface area (TPSA) is 47.9 Å². The number of hydrogen-bond acceptors (Lipinski definition) is 4. The Morgan fingerprint density at radius 1 is 0.862 bits per heavy atom. The molecule has 4 nitrogen and oxygen atoms in total. The third kappa shape index (κ3) is 5.02. The molecule has 1 aliphatic rings. The predicted molar refractivity (Wildman–Crippen MR) is 120 cm³/mol. The summed E-state index contributed by atoms with van der Waals surface area (Å²) in [6.45, 7) is 0.487. The quantitative estimate of drug-likeness (QED) is 0.305. The van der Waals surface area contributed by atoms with Crippen LogP contribution in [-0.2, 0) is 16.1 Å². The highest BCUT2D eigenvalue weighted by molar-refractivity contribution is 9.10. The number of nitrogens with zero attached hydrogens (tertiary/aromatic N) is 1. The van der Waals surface area contributed by atoms with E-state index in [-0.39, 0.29) is 5.70 Å². The summed E-state index contributed by atoms with van der Waals surface area (Å²) in [4.78, 5) is 16.5. The molecule has 0 amide bonds. The van der Waals surface area contributed by atoms with Crippen LogP contribution >= 0.6 is 31.9 Å². The molecule has 6 heteroatoms. The lowest BCUT2D eigenvalue weighted by Crippen LogP contribution is -2.05. The smallest absolute Gasteiger partial charge is 0.363 e. The van der Waals surface area contributed by atoms with Gasteiger partial charge >= 0.3 is 5.97 Å². The Balaban J connectivity index is 1.44. The Bertz CT molecular complexity index is 1090. The van der Waals surface area contributed by atoms with Crippen LogP contribution in [0.25, 0.3) is 6.08 Å². The number of carbonyl (C=O) groups excluding carboxylic acids is 1. The molecule has 0 saturated heterocycles. The number of carbonyl (C=O) groups is 1. The maximum atomic E-state index is 12.1. The minimum absolute atomic E-state index is 0.270. The first-order chi connectivity index (χ1) is 14.1. The second kappa shape index (κ2) is 8.76. The maximum Gasteiger partial charge on any atom is 0.363 e. The van der Waals surface area contributed by atoms with Gasteiger partial charge in [0.05, 0.1) is 0 Å². The highest BCUT2D eigenvalue weighted by Crippen LogP contribution is 2.22. The summed E-state index contributed by atoms with van der Waals surface area (Å²) in [5.74, 6) is 0.602. The van der Waals surface area contributed by atoms with Gasteiger partial charge in [0, 0.05) is 14.5 Å². The SMILES string of the molecule is O=C1OC(c2ccc(Br)cc2)=N/C1=C\c1ccc(OCc2ccc(Br)cc2)cc1. The first kappa shape index (κ1) is 19.6. The molecule has 0 saturated carbocycles. The molecule has 0 N–H and O–H groups in total. The van der Waals surface area contributed by atoms with Crippen LogP contribution in [0.5, 0.6) is 5.75 Å². The van der Waals surface area contributed by atoms with Crippen molar-refractivity contribution in [3.8, 4) is 5.75 Å². The van der Waals surface area contributed by atoms with Crippen LogP contribution in [0.4, 0.5) is 0 Å². The van der Waals surface area contributed by atoms with E-state index in [9.17, 15) is 4.79 Å². The van der Waals surface area contributed by atoms with E-state index in [1.165, 1.54) is 0 Å². The number of ether oxygens (including phenoxy) is 2. The number of rotatable bonds is 5. The Kier molecular flexibility index (Phi) is 5.92. The molecule has 4 rings (SSSR count). The van der Waals surface area contributed by atoms with E-state index in [1.807, 2.05) is 72.8 Å². The molecule has 0 aromatic heterocycles. The Hall–Kier alpha value is -2.70. The van der Waals surface area contributed by atoms with Gasteiger partial charge in [0.2, 0.25) is 5.90 Å². The molecule has 1 heterocycles. The van der Waals surface area contributed by atoms with E-state index >= 15 is 0 Å². The number of esters is 1. The van der Waals surface area contributed by atoms with Crippen LogP contribution in [-0.4, -0.2) is 11.9 Å². The van der Waals surface area contributed by atoms with Gasteiger partial charge in [-0.3, -0.25) is 0 Å². The van der Waals surface area contributed by atoms with E-state index in [1.54, 1.807) is 6.08 Å². The molecule has 0 radical (unpaired) electrons. The molecule has 0 bridgehead atoms. The summed E-state index contributed by atoms with van der Waals surface area (Å²) in [6.07, 6.45) is 1.70. The van der Waals surface area contributed by atoms with E-state index in [4.69, 9.17) is 9.47 Å². The number of hydrogen-bond donors (Lipinski definition) is 0. The molecule has 3 aromatic rings. The fraction of sp³-hybridized carbons (Fsp3) is 0.0435. The molecular formula is C23H15Br2NO3. The van der Waals surface area contributed by atoms with Crippen LogP contribution in [0.2, 0.25) is 0 Å². The van der Waals surface area contributed by atoms with Gasteiger partial charge in [-0.2, -0.15) is 0 Å². The average Bonchev–Trinajstić information content (AvgIpc) is 3.09. The van der Waals surface area contributed by atoms with Crippen LogP contribution in [0.15, 0.2) is 92.4 Å². The van der Waals surface area contributed by atoms with Gasteiger partial charge in [0.25, 0.3) is 0 Å². The van der Waals surface area contributed by atoms with Gasteiger partial charge in [-0.05, 0) is 65.7 Å². The fourth-order valence-corrected chi connectivity index (χ4v) is 3.22. The van der Waals surface area contributed by atoms with Crippen molar-refractivity contribution in [3.63, 3.8) is 0 Å². The molecule has 0 aliphatic carbocycles. The van der Waals surface area contributed by atoms with Gasteiger partial charge in [-0.1, -0.05) is 56.1 Å². The van der Waals surface area contributed by atoms with Crippen molar-refractivity contribution >= 4 is 49.8 Å². The summed E-state index contributed by atoms with van der Waals surface area (Å²) in [5.41, 5.74) is 2.95. The van der Waals surface area contributed by atoms with E-state index in [2.05, 4.69) is 36.9 Å². The van der Waals surface area contributed by atoms with Crippen molar-refractivity contribution < 1.29 is 14.3 Å². The van der Waals surface area contributed by atoms with Gasteiger partial charge in [-0.15, -0.1) is 0 Å². The minimum Gasteiger partial charge on any atom is -0.489 e. The normalized spacial score (nSPS) is 14.6. The van der Waals surface area contributed by atoms with Gasteiger partial charge in [0.15, 0.2) is 5.70 Å². The summed E-state index contributed by atoms with van der Waals surface area (Å²) in [7, 11) is 0. The third-order valence-electron chi connectivity index (χ3n) is 4.21. The van der Waals surface area contributed by atoms with Gasteiger partial charge < -0.3 is 9.47 Å². The fourth-order valence-electron chi connectivity index (χ4n) is 2.69. The van der Waals surface area contributed by atoms with Crippen LogP contribution in [0.1, 0.15) is 16.7 Å². The van der Waals surface area contributed by atoms with Crippen LogP contribution < -0.4 is 4.74 Å². The second-order valence-corrected chi connectivity index (χ2v) is 8.16. The first-order valence-electron chi connectivity index (χ1n) is 8.83. The molecule has 3 aromatic carbocycles. The number of halogens is 2. The average molecular weight is 513 g/mol. The van der Waals surface area contributed by atoms with E-state index in [0.717, 1.165) is 31.4 Å². The van der Waals surface area contributed by atoms with Crippen molar-refractivity contribution in [3.05, 3.63) is 104 Å². The zero-order valence-corrected chi connectivity index (χ0v) is 18.3. The summed E-state index contributed by atoms with van der Waals surface area (Å²) in [6, 6.07) is 22.9. The Labute approximate surface area is 185 Å². The summed E-state index contributed by atoms with van der Waals surface area (Å²) >= 11 is 6.80. The highest BCUT2D eigenvalue weighted by Gasteiger charge is 2.24. The second-order valence-electron chi connectivity index (χ2n) is 6.33. The van der Waals surface area contributed by atoms with E-state index < -0.39 is 5.97 Å². The zero-order chi connectivity index (χ0) is 20.2. The zero-order valence-electron chi connectivity index (χ0n) is 15.1. The van der Waals surface area contributed by atoms with Crippen molar-refractivity contribution in [2.75, 3.05) is 0 Å². The van der Waals surface area contributed by atoms with Crippen molar-refractivity contribution in [2.45, 2.75) is 6.61 Å². The maximum absolute atomic E-state index is 12.1. The predicted octanol–water partition coefficient (Wildman–Crippen LogP) is 6.14. The van der Waals surface area contributed by atoms with Crippen molar-refractivity contribution in [1.82, 2.24) is 0 Å². The summed E-state index contributed by atoms with van der Waals surface area (Å²) in [5, 5.41) is 0. The summed E-state index contributed by atoms with van der Waals surface area (Å²) < 4.78 is 13.1. The number of cyclic esters (lactones) is 1. The monoisotopic (exact) mass is 511 g/mol. The molecule has 0 unspecified atom stereocenters. The number of aliphatic imine (C=N–C) groups is 1. The van der Waals surface area contributed by atoms with E-state index in [0.29, 0.717) is 12.5 Å². The molecule has 0 spiro atoms. The Morgan fingerprint density at radius 3 is 2.14 bits per heavy atom. The standard InChI is InChI=1S/C23H15Br2NO3/c24-18-7-1-16(2-8-18)14-28-20-11-3-15(4-12-20)13-21-23(27)29-22(26-21)17-5-9-19(25)10-6-17/h1-13H,14H2/b21-13-. The minimum atomic E-state index is -0.460. The van der Waals surface area contributed by atoms with Crippen molar-refractivity contribution in [2.24, 2.45) is 4.99 Å².